The third-order valence-electron chi connectivity index (χ3n) is 5.48. The number of hydrogen-bond donors (Lipinski definition) is 1. The lowest BCUT2D eigenvalue weighted by Crippen LogP contribution is -2.45. The van der Waals surface area contributed by atoms with Gasteiger partial charge in [0.15, 0.2) is 0 Å². The van der Waals surface area contributed by atoms with E-state index in [1.165, 1.54) is 5.69 Å². The van der Waals surface area contributed by atoms with E-state index in [1.807, 2.05) is 19.2 Å². The Kier molecular flexibility index (Phi) is 5.36. The molecule has 1 saturated heterocycles. The number of carbonyl (C=O) groups excluding carboxylic acids is 1. The van der Waals surface area contributed by atoms with E-state index in [0.717, 1.165) is 48.3 Å². The lowest BCUT2D eigenvalue weighted by atomic mass is 9.98. The fourth-order valence-electron chi connectivity index (χ4n) is 3.98. The van der Waals surface area contributed by atoms with Crippen molar-refractivity contribution in [1.82, 2.24) is 10.3 Å². The smallest absolute Gasteiger partial charge is 0.223 e. The summed E-state index contributed by atoms with van der Waals surface area (Å²) in [7, 11) is 0. The van der Waals surface area contributed by atoms with Gasteiger partial charge in [0.2, 0.25) is 5.91 Å². The lowest BCUT2D eigenvalue weighted by Gasteiger charge is -2.37. The van der Waals surface area contributed by atoms with Crippen LogP contribution in [-0.4, -0.2) is 36.2 Å². The van der Waals surface area contributed by atoms with Crippen molar-refractivity contribution in [3.63, 3.8) is 0 Å². The van der Waals surface area contributed by atoms with Crippen LogP contribution in [0.2, 0.25) is 0 Å². The SMILES string of the molecule is Cc1cc(-c2ccc(N3CC(C)OC(C)C3)cc2CNC(=O)C2CC2)ccn1. The Balaban J connectivity index is 1.64. The fourth-order valence-corrected chi connectivity index (χ4v) is 3.98. The standard InChI is InChI=1S/C23H29N3O2/c1-15-10-19(8-9-24-15)22-7-6-21(26-13-16(2)28-17(3)14-26)11-20(22)12-25-23(27)18-4-5-18/h6-11,16-18H,4-5,12-14H2,1-3H3,(H,25,27). The van der Waals surface area contributed by atoms with Crippen LogP contribution in [0.1, 0.15) is 37.9 Å². The van der Waals surface area contributed by atoms with E-state index in [-0.39, 0.29) is 24.0 Å². The molecule has 1 N–H and O–H groups in total. The predicted molar refractivity (Wildman–Crippen MR) is 111 cm³/mol. The number of pyridine rings is 1. The molecule has 1 aliphatic heterocycles. The molecule has 1 aromatic carbocycles. The molecule has 1 saturated carbocycles. The van der Waals surface area contributed by atoms with Crippen LogP contribution in [0.25, 0.3) is 11.1 Å². The highest BCUT2D eigenvalue weighted by Crippen LogP contribution is 2.31. The molecule has 1 amide bonds. The third-order valence-corrected chi connectivity index (χ3v) is 5.48. The van der Waals surface area contributed by atoms with Crippen molar-refractivity contribution < 1.29 is 9.53 Å². The number of nitrogens with zero attached hydrogens (tertiary/aromatic N) is 2. The van der Waals surface area contributed by atoms with Crippen LogP contribution in [0.5, 0.6) is 0 Å². The Morgan fingerprint density at radius 3 is 2.61 bits per heavy atom. The molecule has 5 nitrogen and oxygen atoms in total. The summed E-state index contributed by atoms with van der Waals surface area (Å²) in [6, 6.07) is 10.7. The zero-order chi connectivity index (χ0) is 19.7. The number of aromatic nitrogens is 1. The van der Waals surface area contributed by atoms with Gasteiger partial charge < -0.3 is 15.0 Å². The van der Waals surface area contributed by atoms with E-state index >= 15 is 0 Å². The van der Waals surface area contributed by atoms with Crippen molar-refractivity contribution in [2.75, 3.05) is 18.0 Å². The quantitative estimate of drug-likeness (QED) is 0.861. The number of anilines is 1. The van der Waals surface area contributed by atoms with E-state index in [1.54, 1.807) is 0 Å². The zero-order valence-electron chi connectivity index (χ0n) is 16.9. The van der Waals surface area contributed by atoms with Crippen LogP contribution in [0.15, 0.2) is 36.5 Å². The van der Waals surface area contributed by atoms with E-state index < -0.39 is 0 Å². The highest BCUT2D eigenvalue weighted by atomic mass is 16.5. The summed E-state index contributed by atoms with van der Waals surface area (Å²) < 4.78 is 5.88. The number of morpholine rings is 1. The summed E-state index contributed by atoms with van der Waals surface area (Å²) in [4.78, 5) is 18.9. The van der Waals surface area contributed by atoms with Crippen molar-refractivity contribution in [2.24, 2.45) is 5.92 Å². The first-order valence-electron chi connectivity index (χ1n) is 10.2. The van der Waals surface area contributed by atoms with Crippen LogP contribution < -0.4 is 10.2 Å². The van der Waals surface area contributed by atoms with Crippen molar-refractivity contribution in [3.05, 3.63) is 47.8 Å². The fraction of sp³-hybridized carbons (Fsp3) is 0.478. The van der Waals surface area contributed by atoms with E-state index in [0.29, 0.717) is 6.54 Å². The molecule has 2 atom stereocenters. The number of carbonyl (C=O) groups is 1. The molecule has 0 radical (unpaired) electrons. The van der Waals surface area contributed by atoms with Crippen LogP contribution in [-0.2, 0) is 16.1 Å². The molecule has 1 aromatic heterocycles. The average Bonchev–Trinajstić information content (AvgIpc) is 3.50. The maximum absolute atomic E-state index is 12.2. The van der Waals surface area contributed by atoms with Gasteiger partial charge in [-0.25, -0.2) is 0 Å². The summed E-state index contributed by atoms with van der Waals surface area (Å²) in [5.74, 6) is 0.395. The summed E-state index contributed by atoms with van der Waals surface area (Å²) >= 11 is 0. The number of hydrogen-bond acceptors (Lipinski definition) is 4. The second-order valence-corrected chi connectivity index (χ2v) is 8.18. The second-order valence-electron chi connectivity index (χ2n) is 8.18. The molecule has 28 heavy (non-hydrogen) atoms. The number of ether oxygens (including phenoxy) is 1. The number of nitrogens with one attached hydrogen (secondary N) is 1. The number of rotatable bonds is 5. The minimum Gasteiger partial charge on any atom is -0.372 e. The Hall–Kier alpha value is -2.40. The Bertz CT molecular complexity index is 853. The van der Waals surface area contributed by atoms with E-state index in [2.05, 4.69) is 53.3 Å². The Labute approximate surface area is 167 Å². The number of aryl methyl sites for hydroxylation is 1. The molecule has 2 aromatic rings. The van der Waals surface area contributed by atoms with Gasteiger partial charge in [-0.1, -0.05) is 6.07 Å². The molecule has 5 heteroatoms. The second kappa shape index (κ2) is 7.92. The molecule has 1 aliphatic carbocycles. The van der Waals surface area contributed by atoms with E-state index in [4.69, 9.17) is 4.74 Å². The summed E-state index contributed by atoms with van der Waals surface area (Å²) in [6.07, 6.45) is 4.31. The molecule has 2 fully saturated rings. The molecule has 0 spiro atoms. The van der Waals surface area contributed by atoms with Crippen LogP contribution >= 0.6 is 0 Å². The van der Waals surface area contributed by atoms with Crippen LogP contribution in [0, 0.1) is 12.8 Å². The highest BCUT2D eigenvalue weighted by Gasteiger charge is 2.29. The predicted octanol–water partition coefficient (Wildman–Crippen LogP) is 3.70. The third kappa shape index (κ3) is 4.36. The van der Waals surface area contributed by atoms with Crippen LogP contribution in [0.4, 0.5) is 5.69 Å². The number of amides is 1. The molecule has 2 unspecified atom stereocenters. The molecule has 4 rings (SSSR count). The van der Waals surface area contributed by atoms with Gasteiger partial charge in [0.1, 0.15) is 0 Å². The highest BCUT2D eigenvalue weighted by molar-refractivity contribution is 5.81. The summed E-state index contributed by atoms with van der Waals surface area (Å²) in [6.45, 7) is 8.55. The maximum atomic E-state index is 12.2. The molecular weight excluding hydrogens is 350 g/mol. The van der Waals surface area contributed by atoms with Crippen molar-refractivity contribution >= 4 is 11.6 Å². The van der Waals surface area contributed by atoms with Gasteiger partial charge in [0.05, 0.1) is 12.2 Å². The van der Waals surface area contributed by atoms with Crippen molar-refractivity contribution in [1.29, 1.82) is 0 Å². The van der Waals surface area contributed by atoms with Gasteiger partial charge in [0, 0.05) is 43.1 Å². The molecule has 0 bridgehead atoms. The van der Waals surface area contributed by atoms with Gasteiger partial charge in [-0.3, -0.25) is 9.78 Å². The van der Waals surface area contributed by atoms with Gasteiger partial charge in [-0.2, -0.15) is 0 Å². The van der Waals surface area contributed by atoms with Crippen LogP contribution in [0.3, 0.4) is 0 Å². The lowest BCUT2D eigenvalue weighted by molar-refractivity contribution is -0.122. The molecule has 148 valence electrons. The minimum absolute atomic E-state index is 0.177. The first kappa shape index (κ1) is 18.9. The first-order valence-corrected chi connectivity index (χ1v) is 10.2. The maximum Gasteiger partial charge on any atom is 0.223 e. The Morgan fingerprint density at radius 2 is 1.93 bits per heavy atom. The summed E-state index contributed by atoms with van der Waals surface area (Å²) in [5, 5.41) is 3.14. The zero-order valence-corrected chi connectivity index (χ0v) is 16.9. The van der Waals surface area contributed by atoms with Gasteiger partial charge in [-0.05, 0) is 74.6 Å². The molecule has 2 aliphatic rings. The van der Waals surface area contributed by atoms with Gasteiger partial charge in [0.25, 0.3) is 0 Å². The topological polar surface area (TPSA) is 54.5 Å². The van der Waals surface area contributed by atoms with Crippen molar-refractivity contribution in [3.8, 4) is 11.1 Å². The first-order chi connectivity index (χ1) is 13.5. The van der Waals surface area contributed by atoms with E-state index in [9.17, 15) is 4.79 Å². The summed E-state index contributed by atoms with van der Waals surface area (Å²) in [5.41, 5.74) is 5.61. The largest absolute Gasteiger partial charge is 0.372 e. The molecule has 2 heterocycles. The monoisotopic (exact) mass is 379 g/mol. The molecular formula is C23H29N3O2. The van der Waals surface area contributed by atoms with Gasteiger partial charge in [-0.15, -0.1) is 0 Å². The van der Waals surface area contributed by atoms with Crippen molar-refractivity contribution in [2.45, 2.75) is 52.4 Å². The average molecular weight is 380 g/mol. The van der Waals surface area contributed by atoms with Gasteiger partial charge >= 0.3 is 0 Å². The minimum atomic E-state index is 0.177. The normalized spacial score (nSPS) is 22.2. The number of benzene rings is 1. The Morgan fingerprint density at radius 1 is 1.18 bits per heavy atom.